The standard InChI is InChI=1S/C13H16F2N2/c14-8-1-4-11(12(15)5-8)13-6-9(16)7-17(13)10-2-3-10/h1,4-5,9-10,13H,2-3,6-7,16H2. The Labute approximate surface area is 99.4 Å². The lowest BCUT2D eigenvalue weighted by Gasteiger charge is -2.24. The maximum Gasteiger partial charge on any atom is 0.130 e. The molecule has 1 aromatic carbocycles. The van der Waals surface area contributed by atoms with E-state index in [1.807, 2.05) is 0 Å². The van der Waals surface area contributed by atoms with E-state index in [0.717, 1.165) is 19.0 Å². The first-order valence-electron chi connectivity index (χ1n) is 6.11. The van der Waals surface area contributed by atoms with Gasteiger partial charge in [-0.1, -0.05) is 6.07 Å². The maximum absolute atomic E-state index is 13.8. The molecule has 1 heterocycles. The highest BCUT2D eigenvalue weighted by Gasteiger charge is 2.41. The van der Waals surface area contributed by atoms with Gasteiger partial charge in [0.25, 0.3) is 0 Å². The number of nitrogens with two attached hydrogens (primary N) is 1. The summed E-state index contributed by atoms with van der Waals surface area (Å²) in [7, 11) is 0. The summed E-state index contributed by atoms with van der Waals surface area (Å²) >= 11 is 0. The summed E-state index contributed by atoms with van der Waals surface area (Å²) in [4.78, 5) is 2.28. The molecule has 2 N–H and O–H groups in total. The van der Waals surface area contributed by atoms with Gasteiger partial charge in [0.05, 0.1) is 0 Å². The molecule has 0 amide bonds. The van der Waals surface area contributed by atoms with Gasteiger partial charge in [-0.05, 0) is 25.3 Å². The summed E-state index contributed by atoms with van der Waals surface area (Å²) in [6.45, 7) is 0.826. The zero-order valence-corrected chi connectivity index (χ0v) is 9.57. The highest BCUT2D eigenvalue weighted by atomic mass is 19.1. The van der Waals surface area contributed by atoms with Crippen LogP contribution in [-0.4, -0.2) is 23.5 Å². The van der Waals surface area contributed by atoms with E-state index in [0.29, 0.717) is 11.6 Å². The molecule has 4 heteroatoms. The van der Waals surface area contributed by atoms with Crippen molar-refractivity contribution in [1.29, 1.82) is 0 Å². The molecule has 1 aliphatic heterocycles. The van der Waals surface area contributed by atoms with Crippen LogP contribution in [0.5, 0.6) is 0 Å². The van der Waals surface area contributed by atoms with Gasteiger partial charge < -0.3 is 5.73 Å². The van der Waals surface area contributed by atoms with Crippen LogP contribution in [0.15, 0.2) is 18.2 Å². The van der Waals surface area contributed by atoms with Gasteiger partial charge in [-0.25, -0.2) is 8.78 Å². The summed E-state index contributed by atoms with van der Waals surface area (Å²) in [5.74, 6) is -0.971. The lowest BCUT2D eigenvalue weighted by Crippen LogP contribution is -2.29. The Balaban J connectivity index is 1.90. The van der Waals surface area contributed by atoms with Crippen LogP contribution in [0.4, 0.5) is 8.78 Å². The second kappa shape index (κ2) is 4.03. The minimum absolute atomic E-state index is 0.0260. The van der Waals surface area contributed by atoms with Crippen LogP contribution in [0.2, 0.25) is 0 Å². The quantitative estimate of drug-likeness (QED) is 0.855. The molecule has 17 heavy (non-hydrogen) atoms. The molecule has 1 saturated heterocycles. The van der Waals surface area contributed by atoms with Crippen molar-refractivity contribution < 1.29 is 8.78 Å². The SMILES string of the molecule is NC1CC(c2ccc(F)cc2F)N(C2CC2)C1. The van der Waals surface area contributed by atoms with E-state index < -0.39 is 11.6 Å². The molecule has 1 aromatic rings. The van der Waals surface area contributed by atoms with Gasteiger partial charge in [0, 0.05) is 36.3 Å². The molecule has 1 aliphatic carbocycles. The van der Waals surface area contributed by atoms with Crippen molar-refractivity contribution in [3.8, 4) is 0 Å². The van der Waals surface area contributed by atoms with Crippen LogP contribution in [0.25, 0.3) is 0 Å². The molecule has 92 valence electrons. The van der Waals surface area contributed by atoms with Crippen molar-refractivity contribution in [3.05, 3.63) is 35.4 Å². The van der Waals surface area contributed by atoms with Crippen molar-refractivity contribution >= 4 is 0 Å². The van der Waals surface area contributed by atoms with Crippen LogP contribution in [0.1, 0.15) is 30.9 Å². The minimum Gasteiger partial charge on any atom is -0.326 e. The van der Waals surface area contributed by atoms with Crippen LogP contribution in [0.3, 0.4) is 0 Å². The molecule has 2 fully saturated rings. The molecule has 0 bridgehead atoms. The van der Waals surface area contributed by atoms with E-state index in [1.54, 1.807) is 6.07 Å². The van der Waals surface area contributed by atoms with E-state index in [9.17, 15) is 8.78 Å². The number of likely N-dealkylation sites (tertiary alicyclic amines) is 1. The highest BCUT2D eigenvalue weighted by molar-refractivity contribution is 5.24. The lowest BCUT2D eigenvalue weighted by atomic mass is 10.0. The van der Waals surface area contributed by atoms with Gasteiger partial charge in [0.1, 0.15) is 11.6 Å². The molecule has 2 aliphatic rings. The molecule has 2 nitrogen and oxygen atoms in total. The van der Waals surface area contributed by atoms with E-state index in [-0.39, 0.29) is 12.1 Å². The van der Waals surface area contributed by atoms with Crippen molar-refractivity contribution in [1.82, 2.24) is 4.90 Å². The molecular formula is C13H16F2N2. The van der Waals surface area contributed by atoms with Gasteiger partial charge in [-0.15, -0.1) is 0 Å². The number of hydrogen-bond donors (Lipinski definition) is 1. The molecule has 0 radical (unpaired) electrons. The topological polar surface area (TPSA) is 29.3 Å². The van der Waals surface area contributed by atoms with Crippen LogP contribution >= 0.6 is 0 Å². The number of rotatable bonds is 2. The van der Waals surface area contributed by atoms with E-state index in [2.05, 4.69) is 4.90 Å². The molecule has 3 rings (SSSR count). The first-order chi connectivity index (χ1) is 8.15. The lowest BCUT2D eigenvalue weighted by molar-refractivity contribution is 0.240. The molecular weight excluding hydrogens is 222 g/mol. The Kier molecular flexibility index (Phi) is 2.64. The van der Waals surface area contributed by atoms with Crippen molar-refractivity contribution in [2.24, 2.45) is 5.73 Å². The van der Waals surface area contributed by atoms with Gasteiger partial charge >= 0.3 is 0 Å². The number of benzene rings is 1. The summed E-state index contributed by atoms with van der Waals surface area (Å²) in [6, 6.07) is 4.53. The van der Waals surface area contributed by atoms with E-state index in [1.165, 1.54) is 18.9 Å². The Hall–Kier alpha value is -1.00. The summed E-state index contributed by atoms with van der Waals surface area (Å²) in [6.07, 6.45) is 3.11. The molecule has 2 unspecified atom stereocenters. The zero-order valence-electron chi connectivity index (χ0n) is 9.57. The smallest absolute Gasteiger partial charge is 0.130 e. The first kappa shape index (κ1) is 11.1. The average Bonchev–Trinajstić information content (AvgIpc) is 3.03. The second-order valence-corrected chi connectivity index (χ2v) is 5.11. The molecule has 1 saturated carbocycles. The average molecular weight is 238 g/mol. The van der Waals surface area contributed by atoms with Crippen LogP contribution in [0, 0.1) is 11.6 Å². The number of nitrogens with zero attached hydrogens (tertiary/aromatic N) is 1. The molecule has 2 atom stereocenters. The van der Waals surface area contributed by atoms with E-state index in [4.69, 9.17) is 5.73 Å². The van der Waals surface area contributed by atoms with Gasteiger partial charge in [0.15, 0.2) is 0 Å². The Morgan fingerprint density at radius 3 is 2.65 bits per heavy atom. The Morgan fingerprint density at radius 1 is 1.24 bits per heavy atom. The van der Waals surface area contributed by atoms with Gasteiger partial charge in [0.2, 0.25) is 0 Å². The summed E-state index contributed by atoms with van der Waals surface area (Å²) in [5.41, 5.74) is 6.55. The third-order valence-electron chi connectivity index (χ3n) is 3.71. The predicted molar refractivity (Wildman–Crippen MR) is 61.4 cm³/mol. The first-order valence-corrected chi connectivity index (χ1v) is 6.11. The fraction of sp³-hybridized carbons (Fsp3) is 0.538. The third kappa shape index (κ3) is 2.07. The van der Waals surface area contributed by atoms with E-state index >= 15 is 0 Å². The zero-order chi connectivity index (χ0) is 12.0. The van der Waals surface area contributed by atoms with Gasteiger partial charge in [-0.2, -0.15) is 0 Å². The maximum atomic E-state index is 13.8. The fourth-order valence-electron chi connectivity index (χ4n) is 2.78. The highest BCUT2D eigenvalue weighted by Crippen LogP contribution is 2.41. The summed E-state index contributed by atoms with van der Waals surface area (Å²) in [5, 5.41) is 0. The van der Waals surface area contributed by atoms with Crippen LogP contribution < -0.4 is 5.73 Å². The Bertz CT molecular complexity index is 431. The Morgan fingerprint density at radius 2 is 2.00 bits per heavy atom. The van der Waals surface area contributed by atoms with Crippen molar-refractivity contribution in [3.63, 3.8) is 0 Å². The fourth-order valence-corrected chi connectivity index (χ4v) is 2.78. The normalized spacial score (nSPS) is 29.8. The number of halogens is 2. The predicted octanol–water partition coefficient (Wildman–Crippen LogP) is 2.20. The second-order valence-electron chi connectivity index (χ2n) is 5.11. The van der Waals surface area contributed by atoms with Gasteiger partial charge in [-0.3, -0.25) is 4.90 Å². The third-order valence-corrected chi connectivity index (χ3v) is 3.71. The molecule has 0 aromatic heterocycles. The van der Waals surface area contributed by atoms with Crippen LogP contribution in [-0.2, 0) is 0 Å². The van der Waals surface area contributed by atoms with Crippen molar-refractivity contribution in [2.45, 2.75) is 37.4 Å². The number of hydrogen-bond acceptors (Lipinski definition) is 2. The largest absolute Gasteiger partial charge is 0.326 e. The monoisotopic (exact) mass is 238 g/mol. The minimum atomic E-state index is -0.522. The summed E-state index contributed by atoms with van der Waals surface area (Å²) < 4.78 is 26.7. The molecule has 0 spiro atoms. The van der Waals surface area contributed by atoms with Crippen molar-refractivity contribution in [2.75, 3.05) is 6.54 Å².